The lowest BCUT2D eigenvalue weighted by atomic mass is 9.53. The van der Waals surface area contributed by atoms with Crippen LogP contribution in [0.1, 0.15) is 31.9 Å². The van der Waals surface area contributed by atoms with Gasteiger partial charge >= 0.3 is 0 Å². The Hall–Kier alpha value is -2.60. The number of ether oxygens (including phenoxy) is 3. The largest absolute Gasteiger partial charge is 0.496 e. The number of fused-ring (bicyclic) bond motifs is 2. The molecule has 0 radical (unpaired) electrons. The van der Waals surface area contributed by atoms with E-state index >= 15 is 0 Å². The lowest BCUT2D eigenvalue weighted by Crippen LogP contribution is -2.58. The van der Waals surface area contributed by atoms with E-state index in [2.05, 4.69) is 22.0 Å². The molecular weight excluding hydrogens is 412 g/mol. The molecule has 7 nitrogen and oxygen atoms in total. The van der Waals surface area contributed by atoms with Gasteiger partial charge in [-0.15, -0.1) is 0 Å². The summed E-state index contributed by atoms with van der Waals surface area (Å²) in [6, 6.07) is 11.2. The Kier molecular flexibility index (Phi) is 4.43. The topological polar surface area (TPSA) is 123 Å². The lowest BCUT2D eigenvalue weighted by molar-refractivity contribution is -0.280. The third-order valence-electron chi connectivity index (χ3n) is 5.78. The first-order valence-corrected chi connectivity index (χ1v) is 9.14. The van der Waals surface area contributed by atoms with Gasteiger partial charge in [-0.25, -0.2) is 0 Å². The Morgan fingerprint density at radius 2 is 1.93 bits per heavy atom. The maximum Gasteiger partial charge on any atom is 0.217 e. The van der Waals surface area contributed by atoms with E-state index in [1.54, 1.807) is 25.1 Å². The van der Waals surface area contributed by atoms with Gasteiger partial charge < -0.3 is 14.2 Å². The summed E-state index contributed by atoms with van der Waals surface area (Å²) in [6.45, 7) is 3.52. The van der Waals surface area contributed by atoms with Crippen LogP contribution in [0.2, 0.25) is 0 Å². The summed E-state index contributed by atoms with van der Waals surface area (Å²) in [4.78, 5) is 0. The molecule has 1 aromatic carbocycles. The Labute approximate surface area is 165 Å². The normalized spacial score (nSPS) is 33.3. The van der Waals surface area contributed by atoms with E-state index in [0.29, 0.717) is 22.2 Å². The molecule has 1 N–H and O–H groups in total. The minimum absolute atomic E-state index is 0.362. The highest BCUT2D eigenvalue weighted by molar-refractivity contribution is 9.10. The van der Waals surface area contributed by atoms with Gasteiger partial charge in [0.1, 0.15) is 11.9 Å². The number of halogens is 1. The van der Waals surface area contributed by atoms with Gasteiger partial charge in [-0.3, -0.25) is 5.41 Å². The van der Waals surface area contributed by atoms with Crippen molar-refractivity contribution >= 4 is 21.8 Å². The third-order valence-corrected chi connectivity index (χ3v) is 6.40. The van der Waals surface area contributed by atoms with Gasteiger partial charge in [0.25, 0.3) is 0 Å². The van der Waals surface area contributed by atoms with Crippen molar-refractivity contribution < 1.29 is 14.2 Å². The summed E-state index contributed by atoms with van der Waals surface area (Å²) in [6.07, 6.45) is -0.714. The minimum Gasteiger partial charge on any atom is -0.496 e. The average molecular weight is 429 g/mol. The molecule has 3 rings (SSSR count). The van der Waals surface area contributed by atoms with Crippen LogP contribution in [0.4, 0.5) is 0 Å². The summed E-state index contributed by atoms with van der Waals surface area (Å²) < 4.78 is 17.8. The van der Waals surface area contributed by atoms with Crippen molar-refractivity contribution in [1.29, 1.82) is 21.2 Å². The van der Waals surface area contributed by atoms with E-state index in [9.17, 15) is 15.8 Å². The quantitative estimate of drug-likeness (QED) is 0.779. The first kappa shape index (κ1) is 19.2. The van der Waals surface area contributed by atoms with E-state index in [4.69, 9.17) is 19.6 Å². The Balaban J connectivity index is 2.31. The molecule has 8 heteroatoms. The highest BCUT2D eigenvalue weighted by atomic mass is 79.9. The van der Waals surface area contributed by atoms with Crippen LogP contribution in [0, 0.1) is 56.2 Å². The first-order chi connectivity index (χ1) is 12.8. The van der Waals surface area contributed by atoms with E-state index < -0.39 is 34.5 Å². The molecule has 2 fully saturated rings. The van der Waals surface area contributed by atoms with Gasteiger partial charge in [-0.05, 0) is 33.6 Å². The number of nitrogens with zero attached hydrogens (tertiary/aromatic N) is 3. The second-order valence-corrected chi connectivity index (χ2v) is 7.52. The van der Waals surface area contributed by atoms with Crippen LogP contribution in [0.3, 0.4) is 0 Å². The van der Waals surface area contributed by atoms with Gasteiger partial charge in [-0.1, -0.05) is 19.9 Å². The van der Waals surface area contributed by atoms with Gasteiger partial charge in [0.2, 0.25) is 17.1 Å². The number of methoxy groups -OCH3 is 1. The van der Waals surface area contributed by atoms with Crippen molar-refractivity contribution in [3.8, 4) is 24.0 Å². The van der Waals surface area contributed by atoms with Crippen molar-refractivity contribution in [3.05, 3.63) is 28.2 Å². The summed E-state index contributed by atoms with van der Waals surface area (Å²) in [7, 11) is 1.53. The predicted molar refractivity (Wildman–Crippen MR) is 97.2 cm³/mol. The smallest absolute Gasteiger partial charge is 0.217 e. The summed E-state index contributed by atoms with van der Waals surface area (Å²) in [5.74, 6) is -1.72. The van der Waals surface area contributed by atoms with Crippen molar-refractivity contribution in [2.75, 3.05) is 7.11 Å². The predicted octanol–water partition coefficient (Wildman–Crippen LogP) is 3.82. The van der Waals surface area contributed by atoms with Crippen LogP contribution in [0.5, 0.6) is 5.75 Å². The molecule has 2 aliphatic heterocycles. The fraction of sp³-hybridized carbons (Fsp3) is 0.474. The first-order valence-electron chi connectivity index (χ1n) is 8.35. The second-order valence-electron chi connectivity index (χ2n) is 6.66. The number of benzene rings is 1. The second kappa shape index (κ2) is 6.23. The minimum atomic E-state index is -1.94. The van der Waals surface area contributed by atoms with Gasteiger partial charge in [0.15, 0.2) is 5.41 Å². The van der Waals surface area contributed by atoms with E-state index in [1.807, 2.05) is 19.1 Å². The maximum absolute atomic E-state index is 10.1. The molecule has 27 heavy (non-hydrogen) atoms. The SMILES string of the molecule is CCC12OC(=N)C(C#N)(C1C)C(C#N)(C#N)C(c1ccc(OC)c(Br)c1)O2. The molecule has 0 amide bonds. The van der Waals surface area contributed by atoms with Crippen molar-refractivity contribution in [2.24, 2.45) is 16.7 Å². The molecule has 2 saturated heterocycles. The van der Waals surface area contributed by atoms with Crippen LogP contribution >= 0.6 is 15.9 Å². The van der Waals surface area contributed by atoms with Crippen LogP contribution in [0.15, 0.2) is 22.7 Å². The summed E-state index contributed by atoms with van der Waals surface area (Å²) in [5.41, 5.74) is -3.16. The van der Waals surface area contributed by atoms with Crippen molar-refractivity contribution in [2.45, 2.75) is 32.2 Å². The van der Waals surface area contributed by atoms with E-state index in [1.165, 1.54) is 7.11 Å². The number of hydrogen-bond donors (Lipinski definition) is 1. The van der Waals surface area contributed by atoms with Crippen LogP contribution in [0.25, 0.3) is 0 Å². The van der Waals surface area contributed by atoms with Crippen molar-refractivity contribution in [3.63, 3.8) is 0 Å². The number of rotatable bonds is 3. The molecule has 4 unspecified atom stereocenters. The Bertz CT molecular complexity index is 930. The lowest BCUT2D eigenvalue weighted by Gasteiger charge is -2.48. The zero-order valence-electron chi connectivity index (χ0n) is 15.0. The fourth-order valence-electron chi connectivity index (χ4n) is 4.19. The molecular formula is C19H17BrN4O3. The Morgan fingerprint density at radius 3 is 2.41 bits per heavy atom. The van der Waals surface area contributed by atoms with Gasteiger partial charge in [0.05, 0.1) is 35.7 Å². The number of nitrogens with one attached hydrogen (secondary N) is 1. The average Bonchev–Trinajstić information content (AvgIpc) is 2.84. The molecule has 2 aliphatic rings. The zero-order valence-corrected chi connectivity index (χ0v) is 16.6. The van der Waals surface area contributed by atoms with E-state index in [-0.39, 0.29) is 0 Å². The molecule has 1 aromatic rings. The molecule has 2 heterocycles. The zero-order chi connectivity index (χ0) is 20.0. The molecule has 0 aliphatic carbocycles. The standard InChI is InChI=1S/C19H17BrN4O3/c1-4-19-11(2)18(10-23,16(24)27-19)17(8-21,9-22)15(26-19)12-5-6-14(25-3)13(20)7-12/h5-7,11,15,24H,4H2,1-3H3. The molecule has 4 atom stereocenters. The van der Waals surface area contributed by atoms with Crippen LogP contribution in [-0.4, -0.2) is 18.8 Å². The maximum atomic E-state index is 10.1. The highest BCUT2D eigenvalue weighted by Gasteiger charge is 2.78. The monoisotopic (exact) mass is 428 g/mol. The van der Waals surface area contributed by atoms with Crippen molar-refractivity contribution in [1.82, 2.24) is 0 Å². The number of hydrogen-bond acceptors (Lipinski definition) is 7. The van der Waals surface area contributed by atoms with Crippen LogP contribution < -0.4 is 4.74 Å². The molecule has 0 aromatic heterocycles. The molecule has 138 valence electrons. The number of nitriles is 3. The van der Waals surface area contributed by atoms with E-state index in [0.717, 1.165) is 0 Å². The summed E-state index contributed by atoms with van der Waals surface area (Å²) >= 11 is 3.40. The highest BCUT2D eigenvalue weighted by Crippen LogP contribution is 2.67. The fourth-order valence-corrected chi connectivity index (χ4v) is 4.75. The molecule has 0 spiro atoms. The van der Waals surface area contributed by atoms with Gasteiger partial charge in [0, 0.05) is 6.42 Å². The molecule has 0 saturated carbocycles. The van der Waals surface area contributed by atoms with Crippen LogP contribution in [-0.2, 0) is 9.47 Å². The summed E-state index contributed by atoms with van der Waals surface area (Å²) in [5, 5.41) is 38.5. The third kappa shape index (κ3) is 2.10. The van der Waals surface area contributed by atoms with Gasteiger partial charge in [-0.2, -0.15) is 15.8 Å². The Morgan fingerprint density at radius 1 is 1.26 bits per heavy atom. The molecule has 2 bridgehead atoms.